The monoisotopic (exact) mass is 326 g/mol. The summed E-state index contributed by atoms with van der Waals surface area (Å²) in [6, 6.07) is 12.6. The smallest absolute Gasteiger partial charge is 0.340 e. The van der Waals surface area contributed by atoms with Gasteiger partial charge in [-0.2, -0.15) is 0 Å². The summed E-state index contributed by atoms with van der Waals surface area (Å²) in [5.74, 6) is -0.824. The third-order valence-corrected chi connectivity index (χ3v) is 3.55. The van der Waals surface area contributed by atoms with Gasteiger partial charge in [-0.05, 0) is 30.3 Å². The molecular weight excluding hydrogens is 312 g/mol. The van der Waals surface area contributed by atoms with E-state index in [2.05, 4.69) is 0 Å². The Morgan fingerprint density at radius 1 is 1.08 bits per heavy atom. The summed E-state index contributed by atoms with van der Waals surface area (Å²) in [6.45, 7) is 0. The molecule has 24 heavy (non-hydrogen) atoms. The largest absolute Gasteiger partial charge is 0.497 e. The lowest BCUT2D eigenvalue weighted by molar-refractivity contribution is 0.0697. The van der Waals surface area contributed by atoms with Crippen molar-refractivity contribution >= 4 is 5.97 Å². The number of aromatic nitrogens is 2. The molecule has 7 nitrogen and oxygen atoms in total. The van der Waals surface area contributed by atoms with Crippen molar-refractivity contribution in [2.45, 2.75) is 0 Å². The van der Waals surface area contributed by atoms with Crippen molar-refractivity contribution in [3.05, 3.63) is 70.8 Å². The Balaban J connectivity index is 2.15. The minimum absolute atomic E-state index is 0.0491. The number of aromatic hydroxyl groups is 1. The molecule has 0 amide bonds. The summed E-state index contributed by atoms with van der Waals surface area (Å²) in [4.78, 5) is 23.7. The highest BCUT2D eigenvalue weighted by atomic mass is 16.5. The molecule has 0 aliphatic rings. The number of benzene rings is 2. The number of ether oxygens (including phenoxy) is 1. The van der Waals surface area contributed by atoms with Crippen molar-refractivity contribution in [3.8, 4) is 23.0 Å². The van der Waals surface area contributed by atoms with Crippen molar-refractivity contribution in [1.29, 1.82) is 0 Å². The maximum absolute atomic E-state index is 12.6. The minimum Gasteiger partial charge on any atom is -0.497 e. The van der Waals surface area contributed by atoms with E-state index >= 15 is 0 Å². The van der Waals surface area contributed by atoms with Gasteiger partial charge in [0.15, 0.2) is 0 Å². The lowest BCUT2D eigenvalue weighted by Gasteiger charge is -2.05. The van der Waals surface area contributed by atoms with Gasteiger partial charge in [-0.1, -0.05) is 12.1 Å². The van der Waals surface area contributed by atoms with Gasteiger partial charge in [-0.15, -0.1) is 0 Å². The predicted octanol–water partition coefficient (Wildman–Crippen LogP) is 2.04. The first-order valence-electron chi connectivity index (χ1n) is 7.03. The highest BCUT2D eigenvalue weighted by molar-refractivity contribution is 5.88. The van der Waals surface area contributed by atoms with Gasteiger partial charge < -0.3 is 14.9 Å². The Bertz CT molecular complexity index is 971. The fourth-order valence-corrected chi connectivity index (χ4v) is 2.40. The number of carbonyl (C=O) groups is 1. The van der Waals surface area contributed by atoms with E-state index in [1.807, 2.05) is 0 Å². The second-order valence-electron chi connectivity index (χ2n) is 5.03. The Morgan fingerprint density at radius 2 is 1.79 bits per heavy atom. The summed E-state index contributed by atoms with van der Waals surface area (Å²) >= 11 is 0. The van der Waals surface area contributed by atoms with Crippen LogP contribution in [0.5, 0.6) is 11.6 Å². The molecule has 2 N–H and O–H groups in total. The van der Waals surface area contributed by atoms with E-state index < -0.39 is 11.7 Å². The predicted molar refractivity (Wildman–Crippen MR) is 86.5 cm³/mol. The molecule has 3 rings (SSSR count). The average molecular weight is 326 g/mol. The van der Waals surface area contributed by atoms with Crippen molar-refractivity contribution < 1.29 is 19.7 Å². The Kier molecular flexibility index (Phi) is 3.83. The minimum atomic E-state index is -1.10. The molecule has 3 aromatic rings. The van der Waals surface area contributed by atoms with Crippen LogP contribution in [0.3, 0.4) is 0 Å². The molecule has 0 aliphatic carbocycles. The van der Waals surface area contributed by atoms with Gasteiger partial charge >= 0.3 is 11.7 Å². The van der Waals surface area contributed by atoms with Gasteiger partial charge in [0.05, 0.1) is 30.2 Å². The molecule has 0 saturated heterocycles. The molecule has 0 atom stereocenters. The lowest BCUT2D eigenvalue weighted by Crippen LogP contribution is -2.22. The first-order chi connectivity index (χ1) is 11.5. The maximum Gasteiger partial charge on any atom is 0.340 e. The number of imidazole rings is 1. The van der Waals surface area contributed by atoms with Gasteiger partial charge in [0.2, 0.25) is 5.88 Å². The summed E-state index contributed by atoms with van der Waals surface area (Å²) in [5, 5.41) is 19.2. The zero-order valence-corrected chi connectivity index (χ0v) is 12.7. The maximum atomic E-state index is 12.6. The first kappa shape index (κ1) is 15.4. The van der Waals surface area contributed by atoms with Crippen LogP contribution in [0.25, 0.3) is 11.4 Å². The second-order valence-corrected chi connectivity index (χ2v) is 5.03. The van der Waals surface area contributed by atoms with Crippen LogP contribution in [0, 0.1) is 0 Å². The van der Waals surface area contributed by atoms with Crippen LogP contribution >= 0.6 is 0 Å². The summed E-state index contributed by atoms with van der Waals surface area (Å²) in [5.41, 5.74) is 0.304. The van der Waals surface area contributed by atoms with E-state index in [4.69, 9.17) is 9.84 Å². The first-order valence-corrected chi connectivity index (χ1v) is 7.03. The van der Waals surface area contributed by atoms with E-state index in [1.165, 1.54) is 36.1 Å². The zero-order chi connectivity index (χ0) is 17.3. The molecule has 0 spiro atoms. The second kappa shape index (κ2) is 5.96. The molecule has 0 bridgehead atoms. The van der Waals surface area contributed by atoms with E-state index in [0.717, 1.165) is 4.57 Å². The van der Waals surface area contributed by atoms with Crippen molar-refractivity contribution in [1.82, 2.24) is 9.13 Å². The number of methoxy groups -OCH3 is 1. The van der Waals surface area contributed by atoms with Gasteiger partial charge in [-0.3, -0.25) is 4.57 Å². The fourth-order valence-electron chi connectivity index (χ4n) is 2.40. The highest BCUT2D eigenvalue weighted by Gasteiger charge is 2.15. The number of aromatic carboxylic acids is 1. The van der Waals surface area contributed by atoms with E-state index in [0.29, 0.717) is 17.1 Å². The van der Waals surface area contributed by atoms with E-state index in [1.54, 1.807) is 30.3 Å². The molecule has 122 valence electrons. The van der Waals surface area contributed by atoms with Crippen molar-refractivity contribution in [2.24, 2.45) is 0 Å². The van der Waals surface area contributed by atoms with Crippen LogP contribution in [-0.4, -0.2) is 32.4 Å². The van der Waals surface area contributed by atoms with Crippen LogP contribution in [0.2, 0.25) is 0 Å². The topological polar surface area (TPSA) is 93.7 Å². The van der Waals surface area contributed by atoms with Gasteiger partial charge in [0.25, 0.3) is 0 Å². The number of rotatable bonds is 4. The van der Waals surface area contributed by atoms with Gasteiger partial charge in [0, 0.05) is 6.07 Å². The normalized spacial score (nSPS) is 10.5. The van der Waals surface area contributed by atoms with Crippen LogP contribution < -0.4 is 10.4 Å². The van der Waals surface area contributed by atoms with Crippen LogP contribution in [0.1, 0.15) is 10.4 Å². The fraction of sp³-hybridized carbons (Fsp3) is 0.0588. The average Bonchev–Trinajstić information content (AvgIpc) is 2.89. The molecule has 0 radical (unpaired) electrons. The van der Waals surface area contributed by atoms with Crippen molar-refractivity contribution in [2.75, 3.05) is 7.11 Å². The lowest BCUT2D eigenvalue weighted by atomic mass is 10.2. The third kappa shape index (κ3) is 2.63. The molecule has 1 heterocycles. The molecule has 0 saturated carbocycles. The van der Waals surface area contributed by atoms with E-state index in [-0.39, 0.29) is 11.4 Å². The molecule has 2 aromatic carbocycles. The Morgan fingerprint density at radius 3 is 2.50 bits per heavy atom. The number of hydrogen-bond acceptors (Lipinski definition) is 4. The molecule has 0 fully saturated rings. The molecular formula is C17H14N2O5. The molecule has 0 unspecified atom stereocenters. The quantitative estimate of drug-likeness (QED) is 0.765. The van der Waals surface area contributed by atoms with E-state index in [9.17, 15) is 14.7 Å². The molecule has 0 aliphatic heterocycles. The Hall–Kier alpha value is -3.48. The Labute approximate surface area is 136 Å². The van der Waals surface area contributed by atoms with Gasteiger partial charge in [0.1, 0.15) is 5.75 Å². The summed E-state index contributed by atoms with van der Waals surface area (Å²) in [6.07, 6.45) is 1.24. The standard InChI is InChI=1S/C17H14N2O5/c1-24-14-7-3-6-13(9-14)19-15(20)10-18(17(19)23)12-5-2-4-11(8-12)16(21)22/h2-10,20H,1H3,(H,21,22). The van der Waals surface area contributed by atoms with Crippen LogP contribution in [0.4, 0.5) is 0 Å². The number of hydrogen-bond donors (Lipinski definition) is 2. The van der Waals surface area contributed by atoms with Crippen molar-refractivity contribution in [3.63, 3.8) is 0 Å². The number of nitrogens with zero attached hydrogens (tertiary/aromatic N) is 2. The van der Waals surface area contributed by atoms with Crippen LogP contribution in [0.15, 0.2) is 59.5 Å². The summed E-state index contributed by atoms with van der Waals surface area (Å²) < 4.78 is 7.41. The highest BCUT2D eigenvalue weighted by Crippen LogP contribution is 2.21. The van der Waals surface area contributed by atoms with Crippen LogP contribution in [-0.2, 0) is 0 Å². The van der Waals surface area contributed by atoms with Gasteiger partial charge in [-0.25, -0.2) is 14.2 Å². The molecule has 7 heteroatoms. The summed E-state index contributed by atoms with van der Waals surface area (Å²) in [7, 11) is 1.50. The molecule has 1 aromatic heterocycles. The zero-order valence-electron chi connectivity index (χ0n) is 12.7. The number of carboxylic acids is 1. The number of carboxylic acid groups (broad SMARTS) is 1. The SMILES string of the molecule is COc1cccc(-n2c(O)cn(-c3cccc(C(=O)O)c3)c2=O)c1. The third-order valence-electron chi connectivity index (χ3n) is 3.55.